The summed E-state index contributed by atoms with van der Waals surface area (Å²) in [6, 6.07) is 11.1. The second kappa shape index (κ2) is 12.3. The summed E-state index contributed by atoms with van der Waals surface area (Å²) >= 11 is 8.19. The highest BCUT2D eigenvalue weighted by atomic mass is 35.5. The van der Waals surface area contributed by atoms with Crippen LogP contribution in [0.1, 0.15) is 53.0 Å². The van der Waals surface area contributed by atoms with Gasteiger partial charge >= 0.3 is 12.7 Å². The second-order valence-corrected chi connectivity index (χ2v) is 12.1. The zero-order valence-corrected chi connectivity index (χ0v) is 25.1. The van der Waals surface area contributed by atoms with Gasteiger partial charge in [-0.25, -0.2) is 0 Å². The van der Waals surface area contributed by atoms with E-state index in [1.54, 1.807) is 28.9 Å². The maximum atomic E-state index is 14.2. The molecule has 9 nitrogen and oxygen atoms in total. The van der Waals surface area contributed by atoms with Crippen molar-refractivity contribution in [1.82, 2.24) is 9.58 Å². The quantitative estimate of drug-likeness (QED) is 0.371. The number of pyridine rings is 1. The molecule has 1 saturated heterocycles. The number of thioether (sulfide) groups is 1. The Morgan fingerprint density at radius 2 is 1.80 bits per heavy atom. The van der Waals surface area contributed by atoms with Gasteiger partial charge in [0.2, 0.25) is 11.2 Å². The predicted octanol–water partition coefficient (Wildman–Crippen LogP) is 5.05. The number of aliphatic hydroxyl groups excluding tert-OH is 1. The Kier molecular flexibility index (Phi) is 8.59. The molecule has 14 heteroatoms. The molecule has 1 amide bonds. The van der Waals surface area contributed by atoms with Crippen LogP contribution in [0.5, 0.6) is 5.75 Å². The average molecular weight is 652 g/mol. The zero-order valence-electron chi connectivity index (χ0n) is 23.5. The van der Waals surface area contributed by atoms with Crippen LogP contribution in [0.15, 0.2) is 64.4 Å². The van der Waals surface area contributed by atoms with Crippen LogP contribution in [0.25, 0.3) is 0 Å². The van der Waals surface area contributed by atoms with Crippen LogP contribution in [-0.2, 0) is 15.2 Å². The Hall–Kier alpha value is -3.23. The molecule has 0 saturated carbocycles. The lowest BCUT2D eigenvalue weighted by Gasteiger charge is -2.46. The van der Waals surface area contributed by atoms with E-state index in [9.17, 15) is 27.9 Å². The zero-order chi connectivity index (χ0) is 31.2. The molecule has 0 radical (unpaired) electrons. The van der Waals surface area contributed by atoms with E-state index in [0.717, 1.165) is 34.6 Å². The van der Waals surface area contributed by atoms with E-state index >= 15 is 0 Å². The van der Waals surface area contributed by atoms with Crippen molar-refractivity contribution in [3.8, 4) is 5.75 Å². The Morgan fingerprint density at radius 3 is 2.55 bits per heavy atom. The number of hydrogen-bond donors (Lipinski definition) is 1. The molecule has 6 rings (SSSR count). The van der Waals surface area contributed by atoms with E-state index in [1.807, 2.05) is 30.3 Å². The molecule has 0 spiro atoms. The van der Waals surface area contributed by atoms with Crippen LogP contribution in [0.3, 0.4) is 0 Å². The number of aliphatic hydroxyl groups is 1. The highest BCUT2D eigenvalue weighted by molar-refractivity contribution is 7.98. The first-order valence-corrected chi connectivity index (χ1v) is 15.4. The van der Waals surface area contributed by atoms with E-state index in [1.165, 1.54) is 10.9 Å². The molecular formula is C30H29ClF3N3O6S. The van der Waals surface area contributed by atoms with Crippen molar-refractivity contribution < 1.29 is 37.3 Å². The number of nitrogens with zero attached hydrogens (tertiary/aromatic N) is 3. The van der Waals surface area contributed by atoms with Crippen LogP contribution in [0, 0.1) is 0 Å². The number of benzene rings is 2. The van der Waals surface area contributed by atoms with Gasteiger partial charge in [0.1, 0.15) is 12.7 Å². The summed E-state index contributed by atoms with van der Waals surface area (Å²) in [5, 5.41) is 12.7. The van der Waals surface area contributed by atoms with E-state index in [4.69, 9.17) is 25.8 Å². The highest BCUT2D eigenvalue weighted by Gasteiger charge is 2.48. The molecule has 1 unspecified atom stereocenters. The largest absolute Gasteiger partial charge is 0.435 e. The molecule has 1 aromatic heterocycles. The Balaban J connectivity index is 1.51. The molecule has 1 N–H and O–H groups in total. The first kappa shape index (κ1) is 30.8. The molecular weight excluding hydrogens is 623 g/mol. The molecule has 0 bridgehead atoms. The third-order valence-electron chi connectivity index (χ3n) is 8.04. The van der Waals surface area contributed by atoms with E-state index in [0.29, 0.717) is 41.7 Å². The number of carbonyl (C=O) groups excluding carboxylic acids is 1. The molecule has 3 aromatic rings. The molecule has 1 fully saturated rings. The van der Waals surface area contributed by atoms with Crippen molar-refractivity contribution >= 4 is 29.3 Å². The normalized spacial score (nSPS) is 20.3. The minimum atomic E-state index is -4.77. The lowest BCUT2D eigenvalue weighted by Crippen LogP contribution is -2.60. The van der Waals surface area contributed by atoms with Crippen molar-refractivity contribution in [1.29, 1.82) is 0 Å². The smallest absolute Gasteiger partial charge is 0.408 e. The number of carbonyl (C=O) groups is 1. The standard InChI is InChI=1S/C30H29ClF3N3O6S/c1-17(30(32,33)34)35-16-37(25-19-6-4-7-22(31)21(19)15-44-24-8-3-2-5-20(24)25)36-12-9-23(38)27(26(36)28(35)39)43-29(40)42-18-10-13-41-14-11-18/h2-9,12,17-18,25,29,40H,10-11,13-16H2,1H3/t17-,25+,29?/m1/s1. The molecule has 234 valence electrons. The summed E-state index contributed by atoms with van der Waals surface area (Å²) in [4.78, 5) is 28.6. The lowest BCUT2D eigenvalue weighted by molar-refractivity contribution is -0.249. The highest BCUT2D eigenvalue weighted by Crippen LogP contribution is 2.45. The fourth-order valence-electron chi connectivity index (χ4n) is 5.70. The van der Waals surface area contributed by atoms with E-state index in [2.05, 4.69) is 0 Å². The van der Waals surface area contributed by atoms with Gasteiger partial charge in [-0.3, -0.25) is 19.3 Å². The van der Waals surface area contributed by atoms with Gasteiger partial charge in [0.25, 0.3) is 5.91 Å². The Labute approximate surface area is 260 Å². The van der Waals surface area contributed by atoms with Gasteiger partial charge in [-0.15, -0.1) is 11.8 Å². The summed E-state index contributed by atoms with van der Waals surface area (Å²) in [6.07, 6.45) is -2.94. The number of rotatable bonds is 6. The van der Waals surface area contributed by atoms with Crippen LogP contribution >= 0.6 is 23.4 Å². The van der Waals surface area contributed by atoms with E-state index in [-0.39, 0.29) is 0 Å². The van der Waals surface area contributed by atoms with Crippen LogP contribution in [0.2, 0.25) is 5.02 Å². The summed E-state index contributed by atoms with van der Waals surface area (Å²) in [7, 11) is 0. The molecule has 2 aromatic carbocycles. The molecule has 3 aliphatic rings. The number of hydrogen-bond acceptors (Lipinski definition) is 8. The first-order valence-electron chi connectivity index (χ1n) is 14.0. The van der Waals surface area contributed by atoms with Crippen molar-refractivity contribution in [2.75, 3.05) is 24.9 Å². The number of halogens is 4. The summed E-state index contributed by atoms with van der Waals surface area (Å²) in [6.45, 7) is -0.732. The minimum Gasteiger partial charge on any atom is -0.435 e. The van der Waals surface area contributed by atoms with Crippen molar-refractivity contribution in [2.45, 2.75) is 61.3 Å². The monoisotopic (exact) mass is 651 g/mol. The third-order valence-corrected chi connectivity index (χ3v) is 9.51. The van der Waals surface area contributed by atoms with Gasteiger partial charge in [-0.05, 0) is 48.6 Å². The Morgan fingerprint density at radius 1 is 1.07 bits per heavy atom. The molecule has 0 aliphatic carbocycles. The number of fused-ring (bicyclic) bond motifs is 3. The summed E-state index contributed by atoms with van der Waals surface area (Å²) in [5.41, 5.74) is 1.04. The van der Waals surface area contributed by atoms with Gasteiger partial charge in [-0.1, -0.05) is 41.9 Å². The maximum absolute atomic E-state index is 14.2. The summed E-state index contributed by atoms with van der Waals surface area (Å²) in [5.74, 6) is -1.19. The maximum Gasteiger partial charge on any atom is 0.408 e. The van der Waals surface area contributed by atoms with Crippen molar-refractivity contribution in [3.63, 3.8) is 0 Å². The number of alkyl halides is 3. The topological polar surface area (TPSA) is 93.5 Å². The predicted molar refractivity (Wildman–Crippen MR) is 156 cm³/mol. The lowest BCUT2D eigenvalue weighted by atomic mass is 9.94. The van der Waals surface area contributed by atoms with Crippen LogP contribution in [-0.4, -0.2) is 65.3 Å². The van der Waals surface area contributed by atoms with Gasteiger partial charge in [0.05, 0.1) is 12.1 Å². The molecule has 4 heterocycles. The van der Waals surface area contributed by atoms with Gasteiger partial charge in [-0.2, -0.15) is 13.2 Å². The SMILES string of the molecule is C[C@@H](N1CN([C@@H]2c3ccccc3SCc3c(Cl)cccc32)n2ccc(=O)c(OC(O)OC3CCOCC3)c2C1=O)C(F)(F)F. The number of amides is 1. The fraction of sp³-hybridized carbons (Fsp3) is 0.400. The Bertz CT molecular complexity index is 1620. The van der Waals surface area contributed by atoms with Gasteiger partial charge in [0, 0.05) is 41.1 Å². The van der Waals surface area contributed by atoms with Gasteiger partial charge in [0.15, 0.2) is 5.69 Å². The van der Waals surface area contributed by atoms with Crippen LogP contribution < -0.4 is 15.2 Å². The second-order valence-electron chi connectivity index (χ2n) is 10.7. The fourth-order valence-corrected chi connectivity index (χ4v) is 7.17. The van der Waals surface area contributed by atoms with E-state index < -0.39 is 60.3 Å². The number of ether oxygens (including phenoxy) is 3. The first-order chi connectivity index (χ1) is 21.0. The van der Waals surface area contributed by atoms with Gasteiger partial charge < -0.3 is 24.2 Å². The van der Waals surface area contributed by atoms with Crippen LogP contribution in [0.4, 0.5) is 13.2 Å². The molecule has 3 aliphatic heterocycles. The van der Waals surface area contributed by atoms with Crippen molar-refractivity contribution in [3.05, 3.63) is 92.4 Å². The molecule has 44 heavy (non-hydrogen) atoms. The minimum absolute atomic E-state index is 0.408. The number of aromatic nitrogens is 1. The molecule has 3 atom stereocenters. The average Bonchev–Trinajstić information content (AvgIpc) is 3.16. The third kappa shape index (κ3) is 5.79. The summed E-state index contributed by atoms with van der Waals surface area (Å²) < 4.78 is 60.3. The van der Waals surface area contributed by atoms with Crippen molar-refractivity contribution in [2.24, 2.45) is 0 Å².